The van der Waals surface area contributed by atoms with E-state index in [2.05, 4.69) is 49.6 Å². The predicted octanol–water partition coefficient (Wildman–Crippen LogP) is 2.50. The maximum absolute atomic E-state index is 5.63. The van der Waals surface area contributed by atoms with Gasteiger partial charge in [-0.15, -0.1) is 11.8 Å². The van der Waals surface area contributed by atoms with Crippen LogP contribution in [0, 0.1) is 0 Å². The molecular weight excluding hydrogens is 216 g/mol. The van der Waals surface area contributed by atoms with Gasteiger partial charge >= 0.3 is 0 Å². The van der Waals surface area contributed by atoms with Gasteiger partial charge in [0.2, 0.25) is 0 Å². The van der Waals surface area contributed by atoms with E-state index in [1.54, 1.807) is 0 Å². The van der Waals surface area contributed by atoms with Gasteiger partial charge in [0.1, 0.15) is 0 Å². The number of fused-ring (bicyclic) bond motifs is 1. The van der Waals surface area contributed by atoms with E-state index in [9.17, 15) is 0 Å². The van der Waals surface area contributed by atoms with E-state index in [1.165, 1.54) is 16.0 Å². The van der Waals surface area contributed by atoms with Crippen molar-refractivity contribution in [1.29, 1.82) is 0 Å². The Balaban J connectivity index is 2.13. The first-order chi connectivity index (χ1) is 7.70. The lowest BCUT2D eigenvalue weighted by Gasteiger charge is -2.18. The topological polar surface area (TPSA) is 38.0 Å². The third kappa shape index (κ3) is 2.48. The Bertz CT molecular complexity index is 372. The highest BCUT2D eigenvalue weighted by atomic mass is 32.2. The molecule has 0 saturated heterocycles. The molecule has 2 atom stereocenters. The molecule has 0 saturated carbocycles. The van der Waals surface area contributed by atoms with Gasteiger partial charge in [0.15, 0.2) is 0 Å². The predicted molar refractivity (Wildman–Crippen MR) is 70.3 cm³/mol. The first-order valence-electron chi connectivity index (χ1n) is 5.56. The Morgan fingerprint density at radius 1 is 1.50 bits per heavy atom. The molecule has 2 nitrogen and oxygen atoms in total. The van der Waals surface area contributed by atoms with Crippen LogP contribution in [-0.2, 0) is 6.42 Å². The van der Waals surface area contributed by atoms with Crippen molar-refractivity contribution in [3.8, 4) is 0 Å². The van der Waals surface area contributed by atoms with Crippen LogP contribution < -0.4 is 11.3 Å². The Morgan fingerprint density at radius 3 is 2.88 bits per heavy atom. The van der Waals surface area contributed by atoms with E-state index in [0.29, 0.717) is 5.25 Å². The number of hydrazine groups is 1. The van der Waals surface area contributed by atoms with Crippen molar-refractivity contribution in [2.24, 2.45) is 5.84 Å². The monoisotopic (exact) mass is 234 g/mol. The molecule has 3 N–H and O–H groups in total. The fourth-order valence-electron chi connectivity index (χ4n) is 2.03. The smallest absolute Gasteiger partial charge is 0.0518 e. The van der Waals surface area contributed by atoms with Gasteiger partial charge in [0, 0.05) is 10.1 Å². The molecule has 1 aromatic carbocycles. The molecular formula is C13H18N2S. The SMILES string of the molecule is CC(C)=CC(NN)C1Cc2ccccc2S1. The maximum Gasteiger partial charge on any atom is 0.0518 e. The molecule has 1 aromatic rings. The number of nitrogens with one attached hydrogen (secondary N) is 1. The van der Waals surface area contributed by atoms with E-state index < -0.39 is 0 Å². The van der Waals surface area contributed by atoms with E-state index in [-0.39, 0.29) is 6.04 Å². The van der Waals surface area contributed by atoms with Crippen LogP contribution in [0.3, 0.4) is 0 Å². The van der Waals surface area contributed by atoms with Crippen molar-refractivity contribution < 1.29 is 0 Å². The zero-order chi connectivity index (χ0) is 11.5. The van der Waals surface area contributed by atoms with Gasteiger partial charge in [-0.2, -0.15) is 0 Å². The summed E-state index contributed by atoms with van der Waals surface area (Å²) in [6.45, 7) is 4.22. The molecule has 0 fully saturated rings. The van der Waals surface area contributed by atoms with E-state index in [0.717, 1.165) is 6.42 Å². The number of rotatable bonds is 3. The van der Waals surface area contributed by atoms with E-state index in [4.69, 9.17) is 5.84 Å². The molecule has 1 aliphatic rings. The lowest BCUT2D eigenvalue weighted by molar-refractivity contribution is 0.591. The van der Waals surface area contributed by atoms with Crippen molar-refractivity contribution in [3.63, 3.8) is 0 Å². The number of benzene rings is 1. The van der Waals surface area contributed by atoms with E-state index >= 15 is 0 Å². The molecule has 0 spiro atoms. The molecule has 86 valence electrons. The molecule has 16 heavy (non-hydrogen) atoms. The summed E-state index contributed by atoms with van der Waals surface area (Å²) in [5, 5.41) is 0.511. The second-order valence-electron chi connectivity index (χ2n) is 4.40. The second-order valence-corrected chi connectivity index (χ2v) is 5.69. The van der Waals surface area contributed by atoms with Crippen LogP contribution in [0.5, 0.6) is 0 Å². The molecule has 0 bridgehead atoms. The Morgan fingerprint density at radius 2 is 2.25 bits per heavy atom. The highest BCUT2D eigenvalue weighted by Gasteiger charge is 2.27. The van der Waals surface area contributed by atoms with Gasteiger partial charge in [-0.25, -0.2) is 0 Å². The lowest BCUT2D eigenvalue weighted by atomic mass is 10.0. The summed E-state index contributed by atoms with van der Waals surface area (Å²) in [4.78, 5) is 1.40. The number of hydrogen-bond donors (Lipinski definition) is 2. The standard InChI is InChI=1S/C13H18N2S/c1-9(2)7-11(15-14)13-8-10-5-3-4-6-12(10)16-13/h3-7,11,13,15H,8,14H2,1-2H3. The largest absolute Gasteiger partial charge is 0.271 e. The highest BCUT2D eigenvalue weighted by molar-refractivity contribution is 8.00. The number of nitrogens with two attached hydrogens (primary N) is 1. The van der Waals surface area contributed by atoms with Gasteiger partial charge in [-0.05, 0) is 31.9 Å². The summed E-state index contributed by atoms with van der Waals surface area (Å²) in [5.41, 5.74) is 5.66. The number of thioether (sulfide) groups is 1. The zero-order valence-corrected chi connectivity index (χ0v) is 10.6. The first kappa shape index (κ1) is 11.7. The Kier molecular flexibility index (Phi) is 3.69. The minimum Gasteiger partial charge on any atom is -0.271 e. The van der Waals surface area contributed by atoms with Gasteiger partial charge in [0.25, 0.3) is 0 Å². The van der Waals surface area contributed by atoms with Crippen LogP contribution in [0.1, 0.15) is 19.4 Å². The van der Waals surface area contributed by atoms with Gasteiger partial charge in [-0.3, -0.25) is 11.3 Å². The first-order valence-corrected chi connectivity index (χ1v) is 6.44. The zero-order valence-electron chi connectivity index (χ0n) is 9.73. The molecule has 0 amide bonds. The second kappa shape index (κ2) is 5.04. The molecule has 0 aliphatic carbocycles. The summed E-state index contributed by atoms with van der Waals surface area (Å²) >= 11 is 1.92. The van der Waals surface area contributed by atoms with Crippen molar-refractivity contribution in [2.75, 3.05) is 0 Å². The van der Waals surface area contributed by atoms with E-state index in [1.807, 2.05) is 11.8 Å². The van der Waals surface area contributed by atoms with Crippen LogP contribution in [0.25, 0.3) is 0 Å². The molecule has 0 aromatic heterocycles. The average Bonchev–Trinajstić information content (AvgIpc) is 2.68. The Hall–Kier alpha value is -0.770. The summed E-state index contributed by atoms with van der Waals surface area (Å²) in [5.74, 6) is 5.63. The van der Waals surface area contributed by atoms with Gasteiger partial charge in [0.05, 0.1) is 6.04 Å². The van der Waals surface area contributed by atoms with Gasteiger partial charge in [-0.1, -0.05) is 29.8 Å². The molecule has 2 rings (SSSR count). The summed E-state index contributed by atoms with van der Waals surface area (Å²) < 4.78 is 0. The minimum absolute atomic E-state index is 0.252. The summed E-state index contributed by atoms with van der Waals surface area (Å²) in [7, 11) is 0. The van der Waals surface area contributed by atoms with Gasteiger partial charge < -0.3 is 0 Å². The van der Waals surface area contributed by atoms with Crippen LogP contribution in [0.2, 0.25) is 0 Å². The molecule has 2 unspecified atom stereocenters. The summed E-state index contributed by atoms with van der Waals surface area (Å²) in [6, 6.07) is 8.85. The quantitative estimate of drug-likeness (QED) is 0.479. The normalized spacial score (nSPS) is 20.3. The molecule has 0 radical (unpaired) electrons. The van der Waals surface area contributed by atoms with Crippen molar-refractivity contribution in [3.05, 3.63) is 41.5 Å². The third-order valence-electron chi connectivity index (χ3n) is 2.78. The summed E-state index contributed by atoms with van der Waals surface area (Å²) in [6.07, 6.45) is 3.31. The average molecular weight is 234 g/mol. The fraction of sp³-hybridized carbons (Fsp3) is 0.385. The maximum atomic E-state index is 5.63. The van der Waals surface area contributed by atoms with Crippen molar-refractivity contribution in [2.45, 2.75) is 36.5 Å². The van der Waals surface area contributed by atoms with Crippen LogP contribution >= 0.6 is 11.8 Å². The fourth-order valence-corrected chi connectivity index (χ4v) is 3.38. The molecule has 3 heteroatoms. The van der Waals surface area contributed by atoms with Crippen molar-refractivity contribution >= 4 is 11.8 Å². The highest BCUT2D eigenvalue weighted by Crippen LogP contribution is 2.38. The number of allylic oxidation sites excluding steroid dienone is 1. The molecule has 1 heterocycles. The molecule has 1 aliphatic heterocycles. The minimum atomic E-state index is 0.252. The third-order valence-corrected chi connectivity index (χ3v) is 4.19. The number of hydrogen-bond acceptors (Lipinski definition) is 3. The van der Waals surface area contributed by atoms with Crippen LogP contribution in [-0.4, -0.2) is 11.3 Å². The van der Waals surface area contributed by atoms with Crippen molar-refractivity contribution in [1.82, 2.24) is 5.43 Å². The van der Waals surface area contributed by atoms with Crippen LogP contribution in [0.15, 0.2) is 40.8 Å². The lowest BCUT2D eigenvalue weighted by Crippen LogP contribution is -2.41. The van der Waals surface area contributed by atoms with Crippen LogP contribution in [0.4, 0.5) is 0 Å². The Labute approximate surface area is 101 Å².